The van der Waals surface area contributed by atoms with Gasteiger partial charge in [0.1, 0.15) is 0 Å². The zero-order valence-corrected chi connectivity index (χ0v) is 7.77. The van der Waals surface area contributed by atoms with Gasteiger partial charge in [0.25, 0.3) is 0 Å². The number of hydrogen-bond acceptors (Lipinski definition) is 3. The molecule has 0 saturated carbocycles. The molecule has 0 bridgehead atoms. The molecule has 1 aromatic heterocycles. The lowest BCUT2D eigenvalue weighted by atomic mass is 10.3. The molecular formula is C9H15N3O. The van der Waals surface area contributed by atoms with Crippen molar-refractivity contribution < 1.29 is 5.11 Å². The molecule has 0 aliphatic heterocycles. The van der Waals surface area contributed by atoms with Crippen LogP contribution in [-0.2, 0) is 6.54 Å². The lowest BCUT2D eigenvalue weighted by Gasteiger charge is -2.04. The molecule has 1 heterocycles. The lowest BCUT2D eigenvalue weighted by molar-refractivity contribution is 0.191. The molecule has 4 nitrogen and oxygen atoms in total. The second-order valence-electron chi connectivity index (χ2n) is 2.99. The number of nitrogens with one attached hydrogen (secondary N) is 1. The Morgan fingerprint density at radius 3 is 3.15 bits per heavy atom. The van der Waals surface area contributed by atoms with Crippen LogP contribution in [0.3, 0.4) is 0 Å². The van der Waals surface area contributed by atoms with Crippen LogP contribution in [0.4, 0.5) is 0 Å². The van der Waals surface area contributed by atoms with Gasteiger partial charge in [0.2, 0.25) is 0 Å². The minimum absolute atomic E-state index is 0.311. The third-order valence-electron chi connectivity index (χ3n) is 1.61. The van der Waals surface area contributed by atoms with Crippen molar-refractivity contribution in [3.8, 4) is 0 Å². The predicted octanol–water partition coefficient (Wildman–Crippen LogP) is 0.454. The second-order valence-corrected chi connectivity index (χ2v) is 2.99. The standard InChI is InChI=1S/C9H15N3O/c1-3-12-7-9(6-11-12)5-10-4-8(2)13/h3,6-8,10,13H,1,4-5H2,2H3. The Kier molecular flexibility index (Phi) is 3.67. The first-order valence-electron chi connectivity index (χ1n) is 4.26. The van der Waals surface area contributed by atoms with Gasteiger partial charge >= 0.3 is 0 Å². The summed E-state index contributed by atoms with van der Waals surface area (Å²) < 4.78 is 1.65. The number of nitrogens with zero attached hydrogens (tertiary/aromatic N) is 2. The highest BCUT2D eigenvalue weighted by atomic mass is 16.3. The number of aliphatic hydroxyl groups excluding tert-OH is 1. The average Bonchev–Trinajstić information content (AvgIpc) is 2.52. The van der Waals surface area contributed by atoms with E-state index in [4.69, 9.17) is 5.11 Å². The van der Waals surface area contributed by atoms with Crippen molar-refractivity contribution in [2.75, 3.05) is 6.54 Å². The van der Waals surface area contributed by atoms with E-state index in [-0.39, 0.29) is 6.10 Å². The molecule has 72 valence electrons. The van der Waals surface area contributed by atoms with Crippen molar-refractivity contribution in [2.24, 2.45) is 0 Å². The maximum absolute atomic E-state index is 8.98. The summed E-state index contributed by atoms with van der Waals surface area (Å²) >= 11 is 0. The van der Waals surface area contributed by atoms with E-state index < -0.39 is 0 Å². The van der Waals surface area contributed by atoms with Crippen molar-refractivity contribution in [3.63, 3.8) is 0 Å². The SMILES string of the molecule is C=Cn1cc(CNCC(C)O)cn1. The summed E-state index contributed by atoms with van der Waals surface area (Å²) in [6.07, 6.45) is 4.99. The number of rotatable bonds is 5. The highest BCUT2D eigenvalue weighted by Crippen LogP contribution is 1.96. The zero-order valence-electron chi connectivity index (χ0n) is 7.77. The summed E-state index contributed by atoms with van der Waals surface area (Å²) in [5.41, 5.74) is 1.08. The van der Waals surface area contributed by atoms with Crippen LogP contribution >= 0.6 is 0 Å². The zero-order chi connectivity index (χ0) is 9.68. The highest BCUT2D eigenvalue weighted by Gasteiger charge is 1.97. The van der Waals surface area contributed by atoms with Crippen LogP contribution in [0.25, 0.3) is 6.20 Å². The molecule has 0 aromatic carbocycles. The van der Waals surface area contributed by atoms with E-state index in [2.05, 4.69) is 17.0 Å². The van der Waals surface area contributed by atoms with Crippen LogP contribution in [0.1, 0.15) is 12.5 Å². The summed E-state index contributed by atoms with van der Waals surface area (Å²) in [5.74, 6) is 0. The van der Waals surface area contributed by atoms with Crippen molar-refractivity contribution in [2.45, 2.75) is 19.6 Å². The van der Waals surface area contributed by atoms with Crippen LogP contribution in [-0.4, -0.2) is 27.5 Å². The quantitative estimate of drug-likeness (QED) is 0.693. The second kappa shape index (κ2) is 4.79. The first kappa shape index (κ1) is 9.95. The molecule has 0 spiro atoms. The van der Waals surface area contributed by atoms with Crippen LogP contribution < -0.4 is 5.32 Å². The van der Waals surface area contributed by atoms with Gasteiger partial charge in [-0.25, -0.2) is 4.68 Å². The van der Waals surface area contributed by atoms with E-state index in [1.165, 1.54) is 0 Å². The lowest BCUT2D eigenvalue weighted by Crippen LogP contribution is -2.23. The molecule has 0 saturated heterocycles. The molecule has 1 rings (SSSR count). The minimum atomic E-state index is -0.311. The molecule has 1 aromatic rings. The summed E-state index contributed by atoms with van der Waals surface area (Å²) in [5, 5.41) is 16.1. The van der Waals surface area contributed by atoms with Gasteiger partial charge in [-0.05, 0) is 6.92 Å². The molecule has 0 fully saturated rings. The topological polar surface area (TPSA) is 50.1 Å². The van der Waals surface area contributed by atoms with Gasteiger partial charge in [-0.1, -0.05) is 6.58 Å². The Morgan fingerprint density at radius 1 is 1.85 bits per heavy atom. The van der Waals surface area contributed by atoms with Gasteiger partial charge in [0, 0.05) is 31.0 Å². The summed E-state index contributed by atoms with van der Waals surface area (Å²) in [6, 6.07) is 0. The van der Waals surface area contributed by atoms with Crippen molar-refractivity contribution in [3.05, 3.63) is 24.5 Å². The van der Waals surface area contributed by atoms with E-state index >= 15 is 0 Å². The van der Waals surface area contributed by atoms with Crippen LogP contribution in [0.2, 0.25) is 0 Å². The largest absolute Gasteiger partial charge is 0.392 e. The third-order valence-corrected chi connectivity index (χ3v) is 1.61. The van der Waals surface area contributed by atoms with Gasteiger partial charge < -0.3 is 10.4 Å². The summed E-state index contributed by atoms with van der Waals surface area (Å²) in [4.78, 5) is 0. The Morgan fingerprint density at radius 2 is 2.62 bits per heavy atom. The monoisotopic (exact) mass is 181 g/mol. The summed E-state index contributed by atoms with van der Waals surface area (Å²) in [7, 11) is 0. The van der Waals surface area contributed by atoms with E-state index in [1.807, 2.05) is 6.20 Å². The molecule has 0 amide bonds. The van der Waals surface area contributed by atoms with Gasteiger partial charge in [-0.2, -0.15) is 5.10 Å². The fraction of sp³-hybridized carbons (Fsp3) is 0.444. The van der Waals surface area contributed by atoms with Crippen molar-refractivity contribution in [1.82, 2.24) is 15.1 Å². The molecule has 1 atom stereocenters. The Bertz CT molecular complexity index is 268. The van der Waals surface area contributed by atoms with E-state index in [9.17, 15) is 0 Å². The maximum Gasteiger partial charge on any atom is 0.0636 e. The van der Waals surface area contributed by atoms with Gasteiger partial charge in [-0.3, -0.25) is 0 Å². The van der Waals surface area contributed by atoms with Crippen LogP contribution in [0.15, 0.2) is 19.0 Å². The molecule has 2 N–H and O–H groups in total. The van der Waals surface area contributed by atoms with Crippen molar-refractivity contribution in [1.29, 1.82) is 0 Å². The molecule has 1 unspecified atom stereocenters. The molecule has 0 radical (unpaired) electrons. The van der Waals surface area contributed by atoms with E-state index in [1.54, 1.807) is 24.0 Å². The average molecular weight is 181 g/mol. The fourth-order valence-electron chi connectivity index (χ4n) is 0.994. The Hall–Kier alpha value is -1.13. The first-order valence-corrected chi connectivity index (χ1v) is 4.26. The molecular weight excluding hydrogens is 166 g/mol. The highest BCUT2D eigenvalue weighted by molar-refractivity contribution is 5.17. The molecule has 4 heteroatoms. The third kappa shape index (κ3) is 3.40. The minimum Gasteiger partial charge on any atom is -0.392 e. The summed E-state index contributed by atoms with van der Waals surface area (Å²) in [6.45, 7) is 6.66. The first-order chi connectivity index (χ1) is 6.22. The smallest absolute Gasteiger partial charge is 0.0636 e. The predicted molar refractivity (Wildman–Crippen MR) is 52.0 cm³/mol. The van der Waals surface area contributed by atoms with E-state index in [0.29, 0.717) is 6.54 Å². The molecule has 0 aliphatic rings. The Labute approximate surface area is 77.9 Å². The molecule has 0 aliphatic carbocycles. The van der Waals surface area contributed by atoms with Gasteiger partial charge in [0.15, 0.2) is 0 Å². The normalized spacial score (nSPS) is 12.8. The van der Waals surface area contributed by atoms with Crippen LogP contribution in [0.5, 0.6) is 0 Å². The Balaban J connectivity index is 2.32. The van der Waals surface area contributed by atoms with Gasteiger partial charge in [-0.15, -0.1) is 0 Å². The fourth-order valence-corrected chi connectivity index (χ4v) is 0.994. The molecule has 13 heavy (non-hydrogen) atoms. The van der Waals surface area contributed by atoms with Gasteiger partial charge in [0.05, 0.1) is 12.3 Å². The maximum atomic E-state index is 8.98. The van der Waals surface area contributed by atoms with Crippen molar-refractivity contribution >= 4 is 6.20 Å². The number of aliphatic hydroxyl groups is 1. The van der Waals surface area contributed by atoms with E-state index in [0.717, 1.165) is 12.1 Å². The van der Waals surface area contributed by atoms with Crippen LogP contribution in [0, 0.1) is 0 Å². The number of aromatic nitrogens is 2. The number of hydrogen-bond donors (Lipinski definition) is 2.